The SMILES string of the molecule is Nc1ccc(SCCC(=O)Nc2ccc(Cl)cc2)cc1. The summed E-state index contributed by atoms with van der Waals surface area (Å²) < 4.78 is 0. The van der Waals surface area contributed by atoms with Gasteiger partial charge >= 0.3 is 0 Å². The van der Waals surface area contributed by atoms with Gasteiger partial charge in [-0.05, 0) is 48.5 Å². The van der Waals surface area contributed by atoms with Crippen molar-refractivity contribution in [2.45, 2.75) is 11.3 Å². The van der Waals surface area contributed by atoms with Crippen molar-refractivity contribution in [1.29, 1.82) is 0 Å². The zero-order valence-corrected chi connectivity index (χ0v) is 12.4. The van der Waals surface area contributed by atoms with E-state index in [4.69, 9.17) is 17.3 Å². The second-order valence-corrected chi connectivity index (χ2v) is 5.83. The number of nitrogen functional groups attached to an aromatic ring is 1. The van der Waals surface area contributed by atoms with E-state index in [2.05, 4.69) is 5.32 Å². The highest BCUT2D eigenvalue weighted by molar-refractivity contribution is 7.99. The van der Waals surface area contributed by atoms with E-state index in [0.29, 0.717) is 11.4 Å². The zero-order chi connectivity index (χ0) is 14.4. The molecule has 1 amide bonds. The van der Waals surface area contributed by atoms with E-state index in [1.165, 1.54) is 0 Å². The van der Waals surface area contributed by atoms with Crippen LogP contribution < -0.4 is 11.1 Å². The molecule has 20 heavy (non-hydrogen) atoms. The molecule has 0 bridgehead atoms. The summed E-state index contributed by atoms with van der Waals surface area (Å²) in [7, 11) is 0. The van der Waals surface area contributed by atoms with E-state index in [-0.39, 0.29) is 5.91 Å². The Bertz CT molecular complexity index is 569. The Morgan fingerprint density at radius 2 is 1.75 bits per heavy atom. The normalized spacial score (nSPS) is 10.2. The number of halogens is 1. The van der Waals surface area contributed by atoms with Crippen LogP contribution in [0.2, 0.25) is 5.02 Å². The standard InChI is InChI=1S/C15H15ClN2OS/c16-11-1-5-13(6-2-11)18-15(19)9-10-20-14-7-3-12(17)4-8-14/h1-8H,9-10,17H2,(H,18,19). The smallest absolute Gasteiger partial charge is 0.225 e. The largest absolute Gasteiger partial charge is 0.399 e. The van der Waals surface area contributed by atoms with Crippen molar-refractivity contribution in [2.75, 3.05) is 16.8 Å². The van der Waals surface area contributed by atoms with Crippen molar-refractivity contribution < 1.29 is 4.79 Å². The van der Waals surface area contributed by atoms with Crippen LogP contribution in [0.25, 0.3) is 0 Å². The van der Waals surface area contributed by atoms with Crippen LogP contribution in [0.4, 0.5) is 11.4 Å². The molecule has 0 saturated carbocycles. The average molecular weight is 307 g/mol. The number of anilines is 2. The molecule has 104 valence electrons. The highest BCUT2D eigenvalue weighted by Gasteiger charge is 2.03. The maximum absolute atomic E-state index is 11.8. The molecule has 0 radical (unpaired) electrons. The summed E-state index contributed by atoms with van der Waals surface area (Å²) in [5.41, 5.74) is 7.12. The number of carbonyl (C=O) groups excluding carboxylic acids is 1. The van der Waals surface area contributed by atoms with Crippen molar-refractivity contribution in [3.05, 3.63) is 53.6 Å². The van der Waals surface area contributed by atoms with Crippen molar-refractivity contribution in [3.63, 3.8) is 0 Å². The number of carbonyl (C=O) groups is 1. The molecule has 2 rings (SSSR count). The lowest BCUT2D eigenvalue weighted by Crippen LogP contribution is -2.11. The summed E-state index contributed by atoms with van der Waals surface area (Å²) in [6.07, 6.45) is 0.456. The van der Waals surface area contributed by atoms with Crippen molar-refractivity contribution in [1.82, 2.24) is 0 Å². The highest BCUT2D eigenvalue weighted by atomic mass is 35.5. The maximum atomic E-state index is 11.8. The van der Waals surface area contributed by atoms with Gasteiger partial charge in [0.05, 0.1) is 0 Å². The molecule has 0 aliphatic carbocycles. The summed E-state index contributed by atoms with van der Waals surface area (Å²) in [6.45, 7) is 0. The van der Waals surface area contributed by atoms with Gasteiger partial charge in [-0.1, -0.05) is 11.6 Å². The van der Waals surface area contributed by atoms with Gasteiger partial charge in [0.2, 0.25) is 5.91 Å². The van der Waals surface area contributed by atoms with E-state index < -0.39 is 0 Å². The van der Waals surface area contributed by atoms with E-state index in [9.17, 15) is 4.79 Å². The third kappa shape index (κ3) is 4.79. The summed E-state index contributed by atoms with van der Waals surface area (Å²) in [6, 6.07) is 14.7. The van der Waals surface area contributed by atoms with Crippen LogP contribution in [0.5, 0.6) is 0 Å². The average Bonchev–Trinajstić information content (AvgIpc) is 2.44. The first-order chi connectivity index (χ1) is 9.63. The lowest BCUT2D eigenvalue weighted by atomic mass is 10.3. The van der Waals surface area contributed by atoms with Gasteiger partial charge in [0, 0.05) is 33.5 Å². The van der Waals surface area contributed by atoms with Crippen molar-refractivity contribution in [2.24, 2.45) is 0 Å². The Labute approximate surface area is 127 Å². The number of nitrogens with one attached hydrogen (secondary N) is 1. The fraction of sp³-hybridized carbons (Fsp3) is 0.133. The number of benzene rings is 2. The van der Waals surface area contributed by atoms with Crippen LogP contribution in [-0.4, -0.2) is 11.7 Å². The Morgan fingerprint density at radius 3 is 2.40 bits per heavy atom. The molecule has 0 spiro atoms. The Balaban J connectivity index is 1.75. The molecule has 0 aromatic heterocycles. The number of nitrogens with two attached hydrogens (primary N) is 1. The summed E-state index contributed by atoms with van der Waals surface area (Å²) in [4.78, 5) is 12.9. The molecule has 0 fully saturated rings. The van der Waals surface area contributed by atoms with Gasteiger partial charge in [0.1, 0.15) is 0 Å². The second-order valence-electron chi connectivity index (χ2n) is 4.22. The molecule has 2 aromatic carbocycles. The molecule has 5 heteroatoms. The molecule has 3 nitrogen and oxygen atoms in total. The van der Waals surface area contributed by atoms with Gasteiger partial charge in [-0.3, -0.25) is 4.79 Å². The predicted molar refractivity (Wildman–Crippen MR) is 86.3 cm³/mol. The highest BCUT2D eigenvalue weighted by Crippen LogP contribution is 2.20. The molecule has 0 saturated heterocycles. The molecule has 0 atom stereocenters. The third-order valence-corrected chi connectivity index (χ3v) is 3.87. The van der Waals surface area contributed by atoms with Gasteiger partial charge in [0.15, 0.2) is 0 Å². The van der Waals surface area contributed by atoms with Crippen molar-refractivity contribution >= 4 is 40.6 Å². The van der Waals surface area contributed by atoms with E-state index in [0.717, 1.165) is 22.0 Å². The van der Waals surface area contributed by atoms with Crippen LogP contribution in [-0.2, 0) is 4.79 Å². The zero-order valence-electron chi connectivity index (χ0n) is 10.8. The lowest BCUT2D eigenvalue weighted by molar-refractivity contribution is -0.115. The summed E-state index contributed by atoms with van der Waals surface area (Å²) in [5.74, 6) is 0.721. The number of rotatable bonds is 5. The molecule has 0 unspecified atom stereocenters. The fourth-order valence-corrected chi connectivity index (χ4v) is 2.56. The first-order valence-corrected chi connectivity index (χ1v) is 7.53. The van der Waals surface area contributed by atoms with Crippen LogP contribution in [0, 0.1) is 0 Å². The molecule has 2 aromatic rings. The monoisotopic (exact) mass is 306 g/mol. The van der Waals surface area contributed by atoms with E-state index in [1.54, 1.807) is 36.0 Å². The molecule has 0 heterocycles. The van der Waals surface area contributed by atoms with E-state index >= 15 is 0 Å². The fourth-order valence-electron chi connectivity index (χ4n) is 1.58. The van der Waals surface area contributed by atoms with Gasteiger partial charge in [0.25, 0.3) is 0 Å². The van der Waals surface area contributed by atoms with Crippen LogP contribution in [0.15, 0.2) is 53.4 Å². The van der Waals surface area contributed by atoms with Crippen LogP contribution in [0.3, 0.4) is 0 Å². The quantitative estimate of drug-likeness (QED) is 0.647. The van der Waals surface area contributed by atoms with Gasteiger partial charge in [-0.25, -0.2) is 0 Å². The first-order valence-electron chi connectivity index (χ1n) is 6.17. The number of amides is 1. The predicted octanol–water partition coefficient (Wildman–Crippen LogP) is 4.04. The third-order valence-electron chi connectivity index (χ3n) is 2.61. The van der Waals surface area contributed by atoms with Gasteiger partial charge in [-0.2, -0.15) is 0 Å². The molecule has 0 aliphatic rings. The molecule has 0 aliphatic heterocycles. The van der Waals surface area contributed by atoms with E-state index in [1.807, 2.05) is 24.3 Å². The second kappa shape index (κ2) is 7.22. The summed E-state index contributed by atoms with van der Waals surface area (Å²) >= 11 is 7.42. The lowest BCUT2D eigenvalue weighted by Gasteiger charge is -2.05. The van der Waals surface area contributed by atoms with Crippen LogP contribution in [0.1, 0.15) is 6.42 Å². The first kappa shape index (κ1) is 14.8. The minimum Gasteiger partial charge on any atom is -0.399 e. The Kier molecular flexibility index (Phi) is 5.32. The molecule has 3 N–H and O–H groups in total. The van der Waals surface area contributed by atoms with Crippen LogP contribution >= 0.6 is 23.4 Å². The number of hydrogen-bond donors (Lipinski definition) is 2. The Morgan fingerprint density at radius 1 is 1.10 bits per heavy atom. The molecular formula is C15H15ClN2OS. The maximum Gasteiger partial charge on any atom is 0.225 e. The Hall–Kier alpha value is -1.65. The van der Waals surface area contributed by atoms with Crippen molar-refractivity contribution in [3.8, 4) is 0 Å². The minimum atomic E-state index is -0.00438. The summed E-state index contributed by atoms with van der Waals surface area (Å²) in [5, 5.41) is 3.49. The van der Waals surface area contributed by atoms with Gasteiger partial charge < -0.3 is 11.1 Å². The number of thioether (sulfide) groups is 1. The topological polar surface area (TPSA) is 55.1 Å². The number of hydrogen-bond acceptors (Lipinski definition) is 3. The van der Waals surface area contributed by atoms with Gasteiger partial charge in [-0.15, -0.1) is 11.8 Å². The molecular weight excluding hydrogens is 292 g/mol. The minimum absolute atomic E-state index is 0.00438.